The van der Waals surface area contributed by atoms with Gasteiger partial charge in [0.15, 0.2) is 17.5 Å². The maximum atomic E-state index is 4.95. The predicted molar refractivity (Wildman–Crippen MR) is 364 cm³/mol. The van der Waals surface area contributed by atoms with Gasteiger partial charge in [-0.15, -0.1) is 0 Å². The van der Waals surface area contributed by atoms with Crippen molar-refractivity contribution < 1.29 is 0 Å². The van der Waals surface area contributed by atoms with Crippen LogP contribution in [-0.2, 0) is 0 Å². The Bertz CT molecular complexity index is 5620. The average Bonchev–Trinajstić information content (AvgIpc) is 1.56. The molecule has 0 aliphatic carbocycles. The van der Waals surface area contributed by atoms with Crippen molar-refractivity contribution in [2.24, 2.45) is 0 Å². The summed E-state index contributed by atoms with van der Waals surface area (Å²) in [6.45, 7) is 3.38. The van der Waals surface area contributed by atoms with Gasteiger partial charge in [-0.3, -0.25) is 0 Å². The third-order valence-corrected chi connectivity index (χ3v) is 12.0. The molecule has 0 amide bonds. The van der Waals surface area contributed by atoms with Crippen LogP contribution in [0.5, 0.6) is 0 Å². The van der Waals surface area contributed by atoms with Crippen molar-refractivity contribution >= 4 is 43.6 Å². The van der Waals surface area contributed by atoms with Crippen LogP contribution < -0.4 is 0 Å². The Morgan fingerprint density at radius 1 is 0.222 bits per heavy atom. The van der Waals surface area contributed by atoms with Gasteiger partial charge in [-0.25, -0.2) is 15.0 Å². The number of para-hydroxylation sites is 3. The van der Waals surface area contributed by atoms with Crippen LogP contribution in [-0.4, -0.2) is 24.1 Å². The van der Waals surface area contributed by atoms with Crippen LogP contribution in [0.1, 0.15) is 13.8 Å². The molecule has 90 heavy (non-hydrogen) atoms. The van der Waals surface area contributed by atoms with E-state index >= 15 is 0 Å². The molecule has 0 bridgehead atoms. The van der Waals surface area contributed by atoms with Crippen molar-refractivity contribution in [3.63, 3.8) is 0 Å². The van der Waals surface area contributed by atoms with E-state index in [0.717, 1.165) is 39.1 Å². The van der Waals surface area contributed by atoms with E-state index in [1.165, 1.54) is 32.6 Å². The van der Waals surface area contributed by atoms with E-state index in [-0.39, 0.29) is 0 Å². The molecular weight excluding hydrogens is 1090 g/mol. The molecule has 0 radical (unpaired) electrons. The highest BCUT2D eigenvalue weighted by Crippen LogP contribution is 2.42. The minimum atomic E-state index is 0.639. The lowest BCUT2D eigenvalue weighted by molar-refractivity contribution is 1.07. The van der Waals surface area contributed by atoms with Crippen LogP contribution in [0.15, 0.2) is 176 Å². The lowest BCUT2D eigenvalue weighted by Crippen LogP contribution is -2.00. The number of nitrogens with zero attached hydrogens (tertiary/aromatic N) is 5. The van der Waals surface area contributed by atoms with Gasteiger partial charge < -0.3 is 9.13 Å². The summed E-state index contributed by atoms with van der Waals surface area (Å²) < 4.78 is 4.79. The van der Waals surface area contributed by atoms with Crippen LogP contribution in [0.4, 0.5) is 0 Å². The van der Waals surface area contributed by atoms with Crippen molar-refractivity contribution in [1.82, 2.24) is 24.1 Å². The van der Waals surface area contributed by atoms with Gasteiger partial charge in [-0.05, 0) is 163 Å². The fourth-order valence-electron chi connectivity index (χ4n) is 8.52. The molecule has 5 nitrogen and oxygen atoms in total. The fourth-order valence-corrected chi connectivity index (χ4v) is 8.52. The molecule has 0 fully saturated rings. The highest BCUT2D eigenvalue weighted by atomic mass is 15.0. The molecule has 10 rings (SSSR count). The molecule has 3 aromatic heterocycles. The zero-order chi connectivity index (χ0) is 61.9. The molecule has 0 aliphatic rings. The van der Waals surface area contributed by atoms with E-state index in [2.05, 4.69) is 349 Å². The molecule has 7 aromatic carbocycles. The smallest absolute Gasteiger partial charge is 0.164 e. The first-order chi connectivity index (χ1) is 44.7. The summed E-state index contributed by atoms with van der Waals surface area (Å²) in [5, 5.41) is 4.94. The lowest BCUT2D eigenvalue weighted by Gasteiger charge is -2.11. The van der Waals surface area contributed by atoms with Crippen LogP contribution in [0.3, 0.4) is 0 Å². The summed E-state index contributed by atoms with van der Waals surface area (Å²) in [7, 11) is 0. The van der Waals surface area contributed by atoms with Crippen LogP contribution in [0, 0.1) is 225 Å². The van der Waals surface area contributed by atoms with Crippen molar-refractivity contribution in [2.45, 2.75) is 13.8 Å². The largest absolute Gasteiger partial charge is 0.309 e. The van der Waals surface area contributed by atoms with Crippen LogP contribution in [0.2, 0.25) is 0 Å². The summed E-state index contributed by atoms with van der Waals surface area (Å²) in [6.07, 6.45) is 0. The maximum Gasteiger partial charge on any atom is 0.164 e. The normalized spacial score (nSPS) is 8.20. The summed E-state index contributed by atoms with van der Waals surface area (Å²) in [4.78, 5) is 14.8. The van der Waals surface area contributed by atoms with E-state index < -0.39 is 0 Å². The Kier molecular flexibility index (Phi) is 21.8. The van der Waals surface area contributed by atoms with Gasteiger partial charge in [0, 0.05) is 168 Å². The third-order valence-electron chi connectivity index (χ3n) is 12.0. The average molecular weight is 1130 g/mol. The molecule has 0 N–H and O–H groups in total. The molecule has 0 spiro atoms. The zero-order valence-corrected chi connectivity index (χ0v) is 48.0. The van der Waals surface area contributed by atoms with Crippen molar-refractivity contribution in [3.05, 3.63) is 176 Å². The molecule has 3 heterocycles. The highest BCUT2D eigenvalue weighted by molar-refractivity contribution is 6.26. The number of rotatable bonds is 5. The Hall–Kier alpha value is -15.2. The monoisotopic (exact) mass is 1130 g/mol. The fraction of sp³-hybridized carbons (Fsp3) is 0.0235. The Balaban J connectivity index is 0.000000221. The molecule has 0 saturated carbocycles. The first kappa shape index (κ1) is 59.4. The van der Waals surface area contributed by atoms with Gasteiger partial charge in [-0.1, -0.05) is 133 Å². The molecular formula is C85H35N5. The van der Waals surface area contributed by atoms with Gasteiger partial charge in [0.05, 0.1) is 22.1 Å². The maximum absolute atomic E-state index is 4.95. The third kappa shape index (κ3) is 16.5. The quantitative estimate of drug-likeness (QED) is 0.161. The summed E-state index contributed by atoms with van der Waals surface area (Å²) in [5.41, 5.74) is 9.78. The first-order valence-corrected chi connectivity index (χ1v) is 27.1. The summed E-state index contributed by atoms with van der Waals surface area (Å²) in [5.74, 6) is 97.6. The Labute approximate surface area is 525 Å². The van der Waals surface area contributed by atoms with Crippen molar-refractivity contribution in [3.8, 4) is 271 Å². The number of hydrogen-bond donors (Lipinski definition) is 0. The minimum Gasteiger partial charge on any atom is -0.309 e. The SMILES string of the molecule is CC#CC#CC#CC#CC#CC#CC#CC#CC#CC#CC#CC#CC#CC#CC#CC#CC#CC#CC#CC.c1ccc(-c2nc(-c3ccccc3)nc(-c3ccc(-n4c5ccccc5c5c4ccc4c6ccccc6n(-c6ccccc6)c45)cc3)n2)cc1. The second kappa shape index (κ2) is 33.0. The topological polar surface area (TPSA) is 48.5 Å². The van der Waals surface area contributed by atoms with Gasteiger partial charge in [0.25, 0.3) is 0 Å². The van der Waals surface area contributed by atoms with Gasteiger partial charge in [-0.2, -0.15) is 0 Å². The molecule has 0 saturated heterocycles. The van der Waals surface area contributed by atoms with E-state index in [1.807, 2.05) is 60.7 Å². The predicted octanol–water partition coefficient (Wildman–Crippen LogP) is 12.2. The standard InChI is InChI=1S/C45H29N5.C40H6/c1-4-14-30(15-5-1)43-46-44(31-16-6-2-7-17-31)48-45(47-43)32-24-26-34(27-25-32)49-39-23-13-11-21-37(39)41-40(49)29-28-36-35-20-10-12-22-38(35)50(42(36)41)33-18-8-3-9-19-33;1-3-5-7-9-11-13-15-17-19-21-23-25-27-29-31-33-35-37-39-40-38-36-34-32-30-28-26-24-22-20-18-16-14-12-10-8-6-4-2/h1-29H;1-2H3. The second-order valence-corrected chi connectivity index (χ2v) is 17.5. The second-order valence-electron chi connectivity index (χ2n) is 17.5. The number of benzene rings is 7. The number of aromatic nitrogens is 5. The van der Waals surface area contributed by atoms with Crippen LogP contribution >= 0.6 is 0 Å². The molecule has 0 unspecified atom stereocenters. The van der Waals surface area contributed by atoms with Gasteiger partial charge in [0.1, 0.15) is 0 Å². The van der Waals surface area contributed by atoms with E-state index in [1.54, 1.807) is 13.8 Å². The van der Waals surface area contributed by atoms with E-state index in [9.17, 15) is 0 Å². The summed E-state index contributed by atoms with van der Waals surface area (Å²) >= 11 is 0. The van der Waals surface area contributed by atoms with Crippen molar-refractivity contribution in [1.29, 1.82) is 0 Å². The number of fused-ring (bicyclic) bond motifs is 7. The van der Waals surface area contributed by atoms with Crippen molar-refractivity contribution in [2.75, 3.05) is 0 Å². The Morgan fingerprint density at radius 2 is 0.511 bits per heavy atom. The molecule has 0 aliphatic heterocycles. The minimum absolute atomic E-state index is 0.639. The van der Waals surface area contributed by atoms with Crippen LogP contribution in [0.25, 0.3) is 89.2 Å². The highest BCUT2D eigenvalue weighted by Gasteiger charge is 2.21. The molecule has 400 valence electrons. The lowest BCUT2D eigenvalue weighted by atomic mass is 10.1. The zero-order valence-electron chi connectivity index (χ0n) is 48.0. The van der Waals surface area contributed by atoms with Gasteiger partial charge >= 0.3 is 0 Å². The summed E-state index contributed by atoms with van der Waals surface area (Å²) in [6, 6.07) is 61.4. The van der Waals surface area contributed by atoms with E-state index in [0.29, 0.717) is 17.5 Å². The molecule has 10 aromatic rings. The molecule has 0 atom stereocenters. The number of hydrogen-bond acceptors (Lipinski definition) is 3. The van der Waals surface area contributed by atoms with Gasteiger partial charge in [0.2, 0.25) is 0 Å². The van der Waals surface area contributed by atoms with E-state index in [4.69, 9.17) is 15.0 Å². The molecule has 5 heteroatoms. The Morgan fingerprint density at radius 3 is 0.878 bits per heavy atom. The first-order valence-electron chi connectivity index (χ1n) is 27.1.